The van der Waals surface area contributed by atoms with Crippen molar-refractivity contribution in [3.63, 3.8) is 0 Å². The minimum atomic E-state index is 0.00403. The minimum absolute atomic E-state index is 0.00403. The molecule has 0 radical (unpaired) electrons. The molecule has 1 unspecified atom stereocenters. The van der Waals surface area contributed by atoms with Gasteiger partial charge in [0.25, 0.3) is 0 Å². The maximum absolute atomic E-state index is 5.54. The topological polar surface area (TPSA) is 65.1 Å². The Morgan fingerprint density at radius 1 is 1.56 bits per heavy atom. The molecule has 0 saturated carbocycles. The molecule has 1 rings (SSSR count). The lowest BCUT2D eigenvalue weighted by Crippen LogP contribution is -2.32. The van der Waals surface area contributed by atoms with Crippen LogP contribution in [0.2, 0.25) is 0 Å². The molecule has 5 heteroatoms. The van der Waals surface area contributed by atoms with Crippen molar-refractivity contribution in [2.24, 2.45) is 12.9 Å². The molecule has 92 valence electrons. The molecule has 0 fully saturated rings. The normalized spacial score (nSPS) is 13.0. The molecular formula is C11H22N4O. The first kappa shape index (κ1) is 13.2. The highest BCUT2D eigenvalue weighted by atomic mass is 16.5. The zero-order chi connectivity index (χ0) is 12.0. The summed E-state index contributed by atoms with van der Waals surface area (Å²) in [6.45, 7) is 5.51. The van der Waals surface area contributed by atoms with Gasteiger partial charge in [0.15, 0.2) is 0 Å². The Balaban J connectivity index is 2.66. The SMILES string of the molecule is CCCOCC(NN)c1cc(CC)nn1C. The predicted octanol–water partition coefficient (Wildman–Crippen LogP) is 0.913. The van der Waals surface area contributed by atoms with Gasteiger partial charge in [-0.2, -0.15) is 5.10 Å². The summed E-state index contributed by atoms with van der Waals surface area (Å²) in [6, 6.07) is 2.07. The van der Waals surface area contributed by atoms with Crippen LogP contribution in [-0.2, 0) is 18.2 Å². The number of nitrogens with zero attached hydrogens (tertiary/aromatic N) is 2. The van der Waals surface area contributed by atoms with E-state index >= 15 is 0 Å². The number of hydrazine groups is 1. The van der Waals surface area contributed by atoms with E-state index in [0.717, 1.165) is 30.8 Å². The maximum atomic E-state index is 5.54. The van der Waals surface area contributed by atoms with Gasteiger partial charge in [0.05, 0.1) is 24.0 Å². The summed E-state index contributed by atoms with van der Waals surface area (Å²) in [4.78, 5) is 0. The molecule has 0 aliphatic rings. The zero-order valence-corrected chi connectivity index (χ0v) is 10.4. The van der Waals surface area contributed by atoms with Gasteiger partial charge < -0.3 is 4.74 Å². The van der Waals surface area contributed by atoms with Gasteiger partial charge in [-0.15, -0.1) is 0 Å². The summed E-state index contributed by atoms with van der Waals surface area (Å²) < 4.78 is 7.36. The van der Waals surface area contributed by atoms with E-state index in [4.69, 9.17) is 10.6 Å². The number of nitrogens with one attached hydrogen (secondary N) is 1. The fourth-order valence-electron chi connectivity index (χ4n) is 1.61. The van der Waals surface area contributed by atoms with Crippen LogP contribution in [0.15, 0.2) is 6.07 Å². The molecule has 1 aromatic heterocycles. The van der Waals surface area contributed by atoms with E-state index in [0.29, 0.717) is 6.61 Å². The average molecular weight is 226 g/mol. The van der Waals surface area contributed by atoms with E-state index in [2.05, 4.69) is 30.4 Å². The second-order valence-electron chi connectivity index (χ2n) is 3.83. The van der Waals surface area contributed by atoms with Crippen molar-refractivity contribution in [2.45, 2.75) is 32.7 Å². The molecule has 0 bridgehead atoms. The molecule has 0 saturated heterocycles. The highest BCUT2D eigenvalue weighted by Gasteiger charge is 2.15. The van der Waals surface area contributed by atoms with Gasteiger partial charge in [0.2, 0.25) is 0 Å². The van der Waals surface area contributed by atoms with Crippen molar-refractivity contribution < 1.29 is 4.74 Å². The largest absolute Gasteiger partial charge is 0.379 e. The molecule has 0 amide bonds. The first-order valence-electron chi connectivity index (χ1n) is 5.79. The Morgan fingerprint density at radius 3 is 2.81 bits per heavy atom. The first-order valence-corrected chi connectivity index (χ1v) is 5.79. The van der Waals surface area contributed by atoms with Gasteiger partial charge in [-0.3, -0.25) is 10.5 Å². The first-order chi connectivity index (χ1) is 7.72. The van der Waals surface area contributed by atoms with Crippen LogP contribution in [0.3, 0.4) is 0 Å². The lowest BCUT2D eigenvalue weighted by Gasteiger charge is -2.15. The smallest absolute Gasteiger partial charge is 0.0862 e. The summed E-state index contributed by atoms with van der Waals surface area (Å²) >= 11 is 0. The van der Waals surface area contributed by atoms with Crippen molar-refractivity contribution in [3.8, 4) is 0 Å². The van der Waals surface area contributed by atoms with Crippen LogP contribution >= 0.6 is 0 Å². The van der Waals surface area contributed by atoms with E-state index in [1.807, 2.05) is 11.7 Å². The summed E-state index contributed by atoms with van der Waals surface area (Å²) in [5.74, 6) is 5.54. The fraction of sp³-hybridized carbons (Fsp3) is 0.727. The molecule has 1 atom stereocenters. The van der Waals surface area contributed by atoms with Crippen LogP contribution in [0.5, 0.6) is 0 Å². The molecule has 1 heterocycles. The van der Waals surface area contributed by atoms with Crippen molar-refractivity contribution in [2.75, 3.05) is 13.2 Å². The lowest BCUT2D eigenvalue weighted by atomic mass is 10.2. The van der Waals surface area contributed by atoms with Gasteiger partial charge in [-0.05, 0) is 18.9 Å². The number of hydrogen-bond acceptors (Lipinski definition) is 4. The van der Waals surface area contributed by atoms with Crippen LogP contribution in [0, 0.1) is 0 Å². The Bertz CT molecular complexity index is 311. The van der Waals surface area contributed by atoms with Gasteiger partial charge >= 0.3 is 0 Å². The Labute approximate surface area is 96.9 Å². The van der Waals surface area contributed by atoms with Crippen LogP contribution in [-0.4, -0.2) is 23.0 Å². The van der Waals surface area contributed by atoms with Gasteiger partial charge in [-0.1, -0.05) is 13.8 Å². The minimum Gasteiger partial charge on any atom is -0.379 e. The third-order valence-corrected chi connectivity index (χ3v) is 2.52. The van der Waals surface area contributed by atoms with E-state index in [1.54, 1.807) is 0 Å². The summed E-state index contributed by atoms with van der Waals surface area (Å²) in [6.07, 6.45) is 1.95. The van der Waals surface area contributed by atoms with Crippen LogP contribution in [0.4, 0.5) is 0 Å². The van der Waals surface area contributed by atoms with Crippen molar-refractivity contribution in [1.82, 2.24) is 15.2 Å². The second-order valence-corrected chi connectivity index (χ2v) is 3.83. The number of hydrogen-bond donors (Lipinski definition) is 2. The lowest BCUT2D eigenvalue weighted by molar-refractivity contribution is 0.110. The zero-order valence-electron chi connectivity index (χ0n) is 10.4. The number of aryl methyl sites for hydroxylation is 2. The Hall–Kier alpha value is -0.910. The van der Waals surface area contributed by atoms with Crippen LogP contribution < -0.4 is 11.3 Å². The third kappa shape index (κ3) is 3.30. The van der Waals surface area contributed by atoms with Crippen molar-refractivity contribution in [1.29, 1.82) is 0 Å². The highest BCUT2D eigenvalue weighted by Crippen LogP contribution is 2.14. The van der Waals surface area contributed by atoms with E-state index in [9.17, 15) is 0 Å². The summed E-state index contributed by atoms with van der Waals surface area (Å²) in [5, 5.41) is 4.39. The second kappa shape index (κ2) is 6.62. The molecule has 3 N–H and O–H groups in total. The van der Waals surface area contributed by atoms with E-state index in [1.165, 1.54) is 0 Å². The Kier molecular flexibility index (Phi) is 5.45. The monoisotopic (exact) mass is 226 g/mol. The number of aromatic nitrogens is 2. The van der Waals surface area contributed by atoms with E-state index in [-0.39, 0.29) is 6.04 Å². The van der Waals surface area contributed by atoms with Crippen molar-refractivity contribution >= 4 is 0 Å². The summed E-state index contributed by atoms with van der Waals surface area (Å²) in [5.41, 5.74) is 4.91. The fourth-order valence-corrected chi connectivity index (χ4v) is 1.61. The predicted molar refractivity (Wildman–Crippen MR) is 63.8 cm³/mol. The standard InChI is InChI=1S/C11H22N4O/c1-4-6-16-8-10(13-12)11-7-9(5-2)14-15(11)3/h7,10,13H,4-6,8,12H2,1-3H3. The van der Waals surface area contributed by atoms with Crippen LogP contribution in [0.25, 0.3) is 0 Å². The van der Waals surface area contributed by atoms with E-state index < -0.39 is 0 Å². The quantitative estimate of drug-likeness (QED) is 0.412. The maximum Gasteiger partial charge on any atom is 0.0862 e. The molecule has 0 aliphatic heterocycles. The summed E-state index contributed by atoms with van der Waals surface area (Å²) in [7, 11) is 1.93. The third-order valence-electron chi connectivity index (χ3n) is 2.52. The number of rotatable bonds is 7. The molecule has 0 spiro atoms. The number of ether oxygens (including phenoxy) is 1. The molecule has 5 nitrogen and oxygen atoms in total. The molecule has 0 aromatic carbocycles. The Morgan fingerprint density at radius 2 is 2.31 bits per heavy atom. The van der Waals surface area contributed by atoms with Gasteiger partial charge in [-0.25, -0.2) is 5.43 Å². The van der Waals surface area contributed by atoms with Gasteiger partial charge in [0, 0.05) is 13.7 Å². The molecule has 1 aromatic rings. The van der Waals surface area contributed by atoms with Gasteiger partial charge in [0.1, 0.15) is 0 Å². The number of nitrogens with two attached hydrogens (primary N) is 1. The average Bonchev–Trinajstić information content (AvgIpc) is 2.66. The van der Waals surface area contributed by atoms with Crippen LogP contribution in [0.1, 0.15) is 37.7 Å². The molecule has 0 aliphatic carbocycles. The van der Waals surface area contributed by atoms with Crippen molar-refractivity contribution in [3.05, 3.63) is 17.5 Å². The highest BCUT2D eigenvalue weighted by molar-refractivity contribution is 5.14. The molecular weight excluding hydrogens is 204 g/mol. The molecule has 16 heavy (non-hydrogen) atoms.